The van der Waals surface area contributed by atoms with Crippen LogP contribution in [0.15, 0.2) is 31.4 Å². The number of thioether (sulfide) groups is 1. The molecule has 318 valence electrons. The number of aromatic hydroxyl groups is 1. The highest BCUT2D eigenvalue weighted by Crippen LogP contribution is 2.61. The quantitative estimate of drug-likeness (QED) is 0.0966. The maximum absolute atomic E-state index is 14.2. The molecule has 1 unspecified atom stereocenters. The van der Waals surface area contributed by atoms with E-state index in [0.717, 1.165) is 11.1 Å². The number of hydrogen-bond acceptors (Lipinski definition) is 15. The molecule has 20 heteroatoms. The summed E-state index contributed by atoms with van der Waals surface area (Å²) in [5.74, 6) is -0.136. The van der Waals surface area contributed by atoms with E-state index in [1.807, 2.05) is 13.0 Å². The zero-order chi connectivity index (χ0) is 42.9. The molecule has 0 saturated carbocycles. The van der Waals surface area contributed by atoms with Gasteiger partial charge in [-0.15, -0.1) is 0 Å². The number of phenolic OH excluding ortho intramolecular Hbond substituents is 1. The van der Waals surface area contributed by atoms with E-state index >= 15 is 0 Å². The number of alkyl carbamates (subject to hydrolysis) is 1. The van der Waals surface area contributed by atoms with Gasteiger partial charge in [-0.1, -0.05) is 66.2 Å². The number of benzene rings is 2. The van der Waals surface area contributed by atoms with Gasteiger partial charge in [0.15, 0.2) is 23.0 Å². The van der Waals surface area contributed by atoms with Gasteiger partial charge in [0.25, 0.3) is 0 Å². The SMILES string of the molecule is C=CCOC(=O)N1[C@@H]2c3c(cc(C)c(OC)c3OCC=C)C[C@H]1[C@H](C#N)N1[C@@H](COC(=O)[C@H](CSC)NC(=O)OCC(Cl)(Cl)Cl)c3c4c(c(C)c(O)c3C(O)[C@@H]21)OCO4. The van der Waals surface area contributed by atoms with E-state index in [0.29, 0.717) is 11.3 Å². The van der Waals surface area contributed by atoms with Crippen molar-refractivity contribution in [2.24, 2.45) is 0 Å². The fraction of sp³-hybridized carbons (Fsp3) is 0.487. The first-order valence-electron chi connectivity index (χ1n) is 18.3. The predicted octanol–water partition coefficient (Wildman–Crippen LogP) is 5.64. The van der Waals surface area contributed by atoms with Gasteiger partial charge in [0.05, 0.1) is 37.3 Å². The molecule has 2 bridgehead atoms. The zero-order valence-corrected chi connectivity index (χ0v) is 35.6. The van der Waals surface area contributed by atoms with Crippen LogP contribution in [0.1, 0.15) is 51.6 Å². The van der Waals surface area contributed by atoms with Crippen molar-refractivity contribution in [1.29, 1.82) is 5.26 Å². The van der Waals surface area contributed by atoms with Crippen molar-refractivity contribution < 1.29 is 57.8 Å². The standard InChI is InChI=1S/C39H43Cl3N4O12S/c1-7-9-53-34-25-20(11-18(3)32(34)52-5)12-22-23(13-43)45-24(14-55-36(49)21(15-59-6)44-37(50)56-16-39(40,41)42)26-27(30(47)19(4)33-35(26)58-17-57-33)31(48)29(45)28(25)46(22)38(51)54-10-8-2/h7-8,11,21-24,28-29,31,47-48H,1-2,9-10,12,14-17H2,3-6H3,(H,44,50)/t21-,22-,23-,24-,28+,29+,31?/m0/s1. The normalized spacial score (nSPS) is 23.0. The number of nitrogens with zero attached hydrogens (tertiary/aromatic N) is 3. The van der Waals surface area contributed by atoms with Crippen LogP contribution in [-0.2, 0) is 25.4 Å². The number of piperazine rings is 1. The number of carbonyl (C=O) groups is 3. The maximum atomic E-state index is 14.2. The average Bonchev–Trinajstić information content (AvgIpc) is 3.69. The van der Waals surface area contributed by atoms with Gasteiger partial charge in [-0.2, -0.15) is 17.0 Å². The molecule has 1 saturated heterocycles. The largest absolute Gasteiger partial charge is 0.507 e. The van der Waals surface area contributed by atoms with E-state index in [-0.39, 0.29) is 71.9 Å². The molecule has 16 nitrogen and oxygen atoms in total. The third-order valence-electron chi connectivity index (χ3n) is 10.6. The summed E-state index contributed by atoms with van der Waals surface area (Å²) in [6.45, 7) is 9.49. The second-order valence-electron chi connectivity index (χ2n) is 14.0. The first-order chi connectivity index (χ1) is 28.1. The minimum absolute atomic E-state index is 0.0115. The van der Waals surface area contributed by atoms with E-state index in [4.69, 9.17) is 68.0 Å². The van der Waals surface area contributed by atoms with Gasteiger partial charge in [-0.3, -0.25) is 9.80 Å². The van der Waals surface area contributed by atoms with Crippen LogP contribution in [-0.4, -0.2) is 118 Å². The van der Waals surface area contributed by atoms with Gasteiger partial charge in [-0.05, 0) is 37.7 Å². The van der Waals surface area contributed by atoms with Crippen molar-refractivity contribution in [2.45, 2.75) is 66.4 Å². The Morgan fingerprint density at radius 3 is 2.46 bits per heavy atom. The summed E-state index contributed by atoms with van der Waals surface area (Å²) in [4.78, 5) is 43.9. The highest BCUT2D eigenvalue weighted by Gasteiger charge is 2.62. The Labute approximate surface area is 359 Å². The summed E-state index contributed by atoms with van der Waals surface area (Å²) in [5, 5.41) is 38.2. The van der Waals surface area contributed by atoms with E-state index in [2.05, 4.69) is 24.5 Å². The van der Waals surface area contributed by atoms with Crippen LogP contribution in [0, 0.1) is 25.2 Å². The van der Waals surface area contributed by atoms with Crippen LogP contribution in [0.4, 0.5) is 9.59 Å². The molecule has 59 heavy (non-hydrogen) atoms. The molecule has 0 spiro atoms. The Morgan fingerprint density at radius 1 is 1.10 bits per heavy atom. The molecule has 4 aliphatic rings. The monoisotopic (exact) mass is 896 g/mol. The number of hydrogen-bond donors (Lipinski definition) is 3. The third-order valence-corrected chi connectivity index (χ3v) is 11.6. The van der Waals surface area contributed by atoms with Crippen LogP contribution in [0.5, 0.6) is 28.7 Å². The van der Waals surface area contributed by atoms with Crippen LogP contribution in [0.25, 0.3) is 0 Å². The van der Waals surface area contributed by atoms with Gasteiger partial charge < -0.3 is 48.7 Å². The minimum Gasteiger partial charge on any atom is -0.507 e. The molecule has 0 radical (unpaired) electrons. The number of rotatable bonds is 13. The number of phenols is 1. The lowest BCUT2D eigenvalue weighted by Crippen LogP contribution is -2.71. The van der Waals surface area contributed by atoms with Gasteiger partial charge >= 0.3 is 18.2 Å². The van der Waals surface area contributed by atoms with Crippen molar-refractivity contribution in [3.8, 4) is 34.8 Å². The van der Waals surface area contributed by atoms with Gasteiger partial charge in [-0.25, -0.2) is 14.4 Å². The second-order valence-corrected chi connectivity index (χ2v) is 17.5. The summed E-state index contributed by atoms with van der Waals surface area (Å²) in [7, 11) is 1.48. The van der Waals surface area contributed by atoms with Gasteiger partial charge in [0.1, 0.15) is 50.4 Å². The Balaban J connectivity index is 1.54. The molecule has 7 atom stereocenters. The molecule has 2 amide bonds. The van der Waals surface area contributed by atoms with Gasteiger partial charge in [0.2, 0.25) is 10.6 Å². The summed E-state index contributed by atoms with van der Waals surface area (Å²) < 4.78 is 38.6. The van der Waals surface area contributed by atoms with Crippen molar-refractivity contribution in [1.82, 2.24) is 15.1 Å². The van der Waals surface area contributed by atoms with Crippen molar-refractivity contribution >= 4 is 64.7 Å². The molecule has 4 aliphatic heterocycles. The number of ether oxygens (including phenoxy) is 7. The number of halogens is 3. The first-order valence-corrected chi connectivity index (χ1v) is 20.8. The molecule has 1 fully saturated rings. The predicted molar refractivity (Wildman–Crippen MR) is 217 cm³/mol. The summed E-state index contributed by atoms with van der Waals surface area (Å²) in [5.41, 5.74) is 2.41. The fourth-order valence-electron chi connectivity index (χ4n) is 8.41. The van der Waals surface area contributed by atoms with Crippen molar-refractivity contribution in [3.63, 3.8) is 0 Å². The molecule has 2 aromatic carbocycles. The topological polar surface area (TPSA) is 199 Å². The molecular weight excluding hydrogens is 855 g/mol. The van der Waals surface area contributed by atoms with Crippen LogP contribution in [0.2, 0.25) is 0 Å². The molecule has 0 aliphatic carbocycles. The summed E-state index contributed by atoms with van der Waals surface area (Å²) in [6, 6.07) is -2.55. The molecule has 0 aromatic heterocycles. The molecule has 3 N–H and O–H groups in total. The molecule has 4 heterocycles. The summed E-state index contributed by atoms with van der Waals surface area (Å²) >= 11 is 18.4. The Kier molecular flexibility index (Phi) is 13.5. The van der Waals surface area contributed by atoms with E-state index < -0.39 is 77.5 Å². The lowest BCUT2D eigenvalue weighted by molar-refractivity contribution is -0.155. The van der Waals surface area contributed by atoms with Gasteiger partial charge in [0, 0.05) is 28.0 Å². The fourth-order valence-corrected chi connectivity index (χ4v) is 9.12. The lowest BCUT2D eigenvalue weighted by atomic mass is 9.70. The zero-order valence-electron chi connectivity index (χ0n) is 32.5. The number of alkyl halides is 3. The Morgan fingerprint density at radius 2 is 1.81 bits per heavy atom. The third kappa shape index (κ3) is 8.23. The summed E-state index contributed by atoms with van der Waals surface area (Å²) in [6.07, 6.45) is 1.34. The van der Waals surface area contributed by atoms with E-state index in [9.17, 15) is 29.9 Å². The lowest BCUT2D eigenvalue weighted by Gasteiger charge is -2.61. The van der Waals surface area contributed by atoms with Crippen molar-refractivity contribution in [2.75, 3.05) is 52.3 Å². The van der Waals surface area contributed by atoms with Crippen LogP contribution >= 0.6 is 46.6 Å². The molecular formula is C39H43Cl3N4O12S. The second kappa shape index (κ2) is 18.0. The number of carbonyl (C=O) groups excluding carboxylic acids is 3. The van der Waals surface area contributed by atoms with E-state index in [1.54, 1.807) is 24.2 Å². The Bertz CT molecular complexity index is 2060. The number of nitriles is 1. The molecule has 2 aromatic rings. The van der Waals surface area contributed by atoms with Crippen LogP contribution in [0.3, 0.4) is 0 Å². The number of esters is 1. The number of aryl methyl sites for hydroxylation is 1. The van der Waals surface area contributed by atoms with E-state index in [1.165, 1.54) is 29.8 Å². The highest BCUT2D eigenvalue weighted by atomic mass is 35.6. The average molecular weight is 898 g/mol. The van der Waals surface area contributed by atoms with Crippen molar-refractivity contribution in [3.05, 3.63) is 64.8 Å². The number of aliphatic hydroxyl groups excluding tert-OH is 1. The first kappa shape index (κ1) is 44.1. The maximum Gasteiger partial charge on any atom is 0.411 e. The number of aliphatic hydroxyl groups is 1. The number of amides is 2. The minimum atomic E-state index is -1.90. The Hall–Kier alpha value is -4.44. The van der Waals surface area contributed by atoms with Crippen LogP contribution < -0.4 is 24.3 Å². The highest BCUT2D eigenvalue weighted by molar-refractivity contribution is 7.98. The number of nitrogens with one attached hydrogen (secondary N) is 1. The molecule has 6 rings (SSSR count). The number of fused-ring (bicyclic) bond motifs is 9. The number of methoxy groups -OCH3 is 1. The smallest absolute Gasteiger partial charge is 0.411 e.